The zero-order valence-electron chi connectivity index (χ0n) is 10.6. The molecule has 0 aromatic heterocycles. The van der Waals surface area contributed by atoms with Crippen LogP contribution in [-0.2, 0) is 17.0 Å². The number of rotatable bonds is 3. The molecule has 0 amide bonds. The van der Waals surface area contributed by atoms with Crippen LogP contribution in [-0.4, -0.2) is 30.0 Å². The van der Waals surface area contributed by atoms with Crippen molar-refractivity contribution in [1.82, 2.24) is 0 Å². The number of hydrogen-bond acceptors (Lipinski definition) is 2. The van der Waals surface area contributed by atoms with Gasteiger partial charge in [0.1, 0.15) is 12.3 Å². The van der Waals surface area contributed by atoms with Gasteiger partial charge in [-0.15, -0.1) is 0 Å². The third kappa shape index (κ3) is 6.95. The van der Waals surface area contributed by atoms with Crippen LogP contribution in [0.25, 0.3) is 0 Å². The van der Waals surface area contributed by atoms with Crippen LogP contribution in [0.4, 0.5) is 22.0 Å². The molecule has 0 aliphatic carbocycles. The fourth-order valence-electron chi connectivity index (χ4n) is 1.13. The van der Waals surface area contributed by atoms with Crippen LogP contribution in [0, 0.1) is 6.92 Å². The fourth-order valence-corrected chi connectivity index (χ4v) is 1.13. The summed E-state index contributed by atoms with van der Waals surface area (Å²) < 4.78 is 60.5. The minimum atomic E-state index is -5.63. The number of aryl methyl sites for hydroxylation is 1. The molecule has 0 fully saturated rings. The van der Waals surface area contributed by atoms with Gasteiger partial charge in [-0.05, 0) is 18.6 Å². The summed E-state index contributed by atoms with van der Waals surface area (Å²) >= 11 is -0.556. The Balaban J connectivity index is 0.00000122. The Bertz CT molecular complexity index is 482. The summed E-state index contributed by atoms with van der Waals surface area (Å²) in [5.74, 6) is -5.07. The average Bonchev–Trinajstić information content (AvgIpc) is 2.34. The number of halogens is 7. The number of aliphatic imine (C=N–C) groups is 1. The minimum absolute atomic E-state index is 0.0907. The summed E-state index contributed by atoms with van der Waals surface area (Å²) in [6.45, 7) is -0.138. The van der Waals surface area contributed by atoms with Crippen molar-refractivity contribution in [3.63, 3.8) is 0 Å². The number of aromatic hydroxyl groups is 1. The summed E-state index contributed by atoms with van der Waals surface area (Å²) in [5, 5.41) is 9.49. The molecule has 0 aliphatic rings. The number of alkyl halides is 5. The molecule has 0 radical (unpaired) electrons. The molecule has 0 heterocycles. The monoisotopic (exact) mass is 385 g/mol. The van der Waals surface area contributed by atoms with Gasteiger partial charge >= 0.3 is 47.7 Å². The van der Waals surface area contributed by atoms with Gasteiger partial charge in [0, 0.05) is 11.8 Å². The second kappa shape index (κ2) is 8.93. The Labute approximate surface area is 134 Å². The van der Waals surface area contributed by atoms with Gasteiger partial charge < -0.3 is 5.11 Å². The molecule has 0 aliphatic heterocycles. The van der Waals surface area contributed by atoms with Crippen molar-refractivity contribution in [3.05, 3.63) is 29.3 Å². The summed E-state index contributed by atoms with van der Waals surface area (Å²) in [5.41, 5.74) is 0.564. The van der Waals surface area contributed by atoms with Crippen molar-refractivity contribution in [3.8, 4) is 5.75 Å². The predicted molar refractivity (Wildman–Crippen MR) is 68.0 cm³/mol. The molecule has 0 atom stereocenters. The Morgan fingerprint density at radius 2 is 1.76 bits per heavy atom. The summed E-state index contributed by atoms with van der Waals surface area (Å²) in [6, 6.07) is 4.45. The molecule has 21 heavy (non-hydrogen) atoms. The van der Waals surface area contributed by atoms with Crippen molar-refractivity contribution in [2.45, 2.75) is 19.0 Å². The Kier molecular flexibility index (Phi) is 8.77. The summed E-state index contributed by atoms with van der Waals surface area (Å²) in [7, 11) is 9.78. The summed E-state index contributed by atoms with van der Waals surface area (Å²) in [6.07, 6.45) is -4.83. The first-order chi connectivity index (χ1) is 9.56. The Morgan fingerprint density at radius 1 is 1.24 bits per heavy atom. The second-order valence-electron chi connectivity index (χ2n) is 3.76. The van der Waals surface area contributed by atoms with Crippen molar-refractivity contribution >= 4 is 24.8 Å². The van der Waals surface area contributed by atoms with E-state index in [1.807, 2.05) is 0 Å². The fraction of sp³-hybridized carbons (Fsp3) is 0.364. The van der Waals surface area contributed by atoms with Crippen LogP contribution in [0.15, 0.2) is 23.2 Å². The van der Waals surface area contributed by atoms with Crippen molar-refractivity contribution < 1.29 is 44.1 Å². The van der Waals surface area contributed by atoms with Gasteiger partial charge in [0.05, 0.1) is 0 Å². The molecule has 0 bridgehead atoms. The first-order valence-electron chi connectivity index (χ1n) is 5.26. The van der Waals surface area contributed by atoms with E-state index in [2.05, 4.69) is 4.99 Å². The second-order valence-corrected chi connectivity index (χ2v) is 6.34. The average molecular weight is 386 g/mol. The standard InChI is InChI=1S/C11H10F5NO.2ClH.Ti/c1-7-3-2-4-8(9(7)18)5-17-6-10(12,13)11(14,15)16;;;/h2-5,18H,6H2,1H3;2*1H;/q;;;+2/p-2. The molecular weight excluding hydrogens is 376 g/mol. The Morgan fingerprint density at radius 3 is 2.24 bits per heavy atom. The van der Waals surface area contributed by atoms with Crippen molar-refractivity contribution in [1.29, 1.82) is 0 Å². The Hall–Kier alpha value is -0.366. The van der Waals surface area contributed by atoms with Gasteiger partial charge in [-0.1, -0.05) is 12.1 Å². The van der Waals surface area contributed by atoms with Crippen LogP contribution in [0.1, 0.15) is 11.1 Å². The van der Waals surface area contributed by atoms with Gasteiger partial charge in [-0.2, -0.15) is 22.0 Å². The van der Waals surface area contributed by atoms with Crippen LogP contribution in [0.5, 0.6) is 5.75 Å². The zero-order valence-corrected chi connectivity index (χ0v) is 13.6. The van der Waals surface area contributed by atoms with E-state index in [9.17, 15) is 27.1 Å². The molecule has 0 saturated heterocycles. The predicted octanol–water partition coefficient (Wildman–Crippen LogP) is 4.69. The maximum atomic E-state index is 12.5. The third-order valence-corrected chi connectivity index (χ3v) is 2.20. The number of hydrogen-bond donors (Lipinski definition) is 1. The SMILES string of the molecule is Cc1cccc(C=NCC(F)(F)C(F)(F)F)c1O.[Cl][Ti][Cl]. The number of phenolic OH excluding ortho intramolecular Hbond substituents is 1. The van der Waals surface area contributed by atoms with Crippen LogP contribution >= 0.6 is 18.6 Å². The molecule has 1 N–H and O–H groups in total. The van der Waals surface area contributed by atoms with Gasteiger partial charge in [0.2, 0.25) is 0 Å². The van der Waals surface area contributed by atoms with Crippen molar-refractivity contribution in [2.24, 2.45) is 4.99 Å². The van der Waals surface area contributed by atoms with E-state index in [1.54, 1.807) is 13.0 Å². The zero-order chi connectivity index (χ0) is 16.7. The van der Waals surface area contributed by atoms with Crippen LogP contribution < -0.4 is 0 Å². The van der Waals surface area contributed by atoms with Crippen molar-refractivity contribution in [2.75, 3.05) is 6.54 Å². The topological polar surface area (TPSA) is 32.6 Å². The third-order valence-electron chi connectivity index (χ3n) is 2.20. The van der Waals surface area contributed by atoms with Crippen LogP contribution in [0.3, 0.4) is 0 Å². The molecule has 1 aromatic rings. The number of para-hydroxylation sites is 1. The van der Waals surface area contributed by atoms with E-state index in [0.29, 0.717) is 5.56 Å². The molecule has 0 saturated carbocycles. The van der Waals surface area contributed by atoms with E-state index in [1.165, 1.54) is 12.1 Å². The molecule has 2 nitrogen and oxygen atoms in total. The van der Waals surface area contributed by atoms with Gasteiger partial charge in [0.25, 0.3) is 0 Å². The van der Waals surface area contributed by atoms with Crippen LogP contribution in [0.2, 0.25) is 0 Å². The maximum absolute atomic E-state index is 12.5. The van der Waals surface area contributed by atoms with Gasteiger partial charge in [0.15, 0.2) is 0 Å². The number of phenols is 1. The van der Waals surface area contributed by atoms with Gasteiger partial charge in [-0.25, -0.2) is 0 Å². The first kappa shape index (κ1) is 20.6. The molecule has 1 aromatic carbocycles. The molecular formula is C11H10Cl2F5NOTi. The first-order valence-corrected chi connectivity index (χ1v) is 9.55. The normalized spacial score (nSPS) is 12.0. The van der Waals surface area contributed by atoms with Gasteiger partial charge in [-0.3, -0.25) is 4.99 Å². The molecule has 0 unspecified atom stereocenters. The quantitative estimate of drug-likeness (QED) is 0.456. The summed E-state index contributed by atoms with van der Waals surface area (Å²) in [4.78, 5) is 3.03. The van der Waals surface area contributed by atoms with E-state index in [0.717, 1.165) is 6.21 Å². The molecule has 0 spiro atoms. The molecule has 1 rings (SSSR count). The van der Waals surface area contributed by atoms with E-state index in [-0.39, 0.29) is 11.3 Å². The molecule has 118 valence electrons. The van der Waals surface area contributed by atoms with E-state index in [4.69, 9.17) is 18.6 Å². The van der Waals surface area contributed by atoms with E-state index >= 15 is 0 Å². The number of nitrogens with zero attached hydrogens (tertiary/aromatic N) is 1. The molecule has 10 heteroatoms. The number of benzene rings is 1. The van der Waals surface area contributed by atoms with E-state index < -0.39 is 35.7 Å².